The molecule has 148 valence electrons. The van der Waals surface area contributed by atoms with Crippen LogP contribution in [0.3, 0.4) is 0 Å². The van der Waals surface area contributed by atoms with Gasteiger partial charge in [0.15, 0.2) is 6.04 Å². The van der Waals surface area contributed by atoms with E-state index < -0.39 is 18.1 Å². The van der Waals surface area contributed by atoms with Gasteiger partial charge in [-0.1, -0.05) is 60.7 Å². The molecule has 8 nitrogen and oxygen atoms in total. The number of ether oxygens (including phenoxy) is 1. The molecule has 3 aromatic rings. The van der Waals surface area contributed by atoms with Crippen LogP contribution >= 0.6 is 0 Å². The first-order valence-electron chi connectivity index (χ1n) is 9.53. The third-order valence-electron chi connectivity index (χ3n) is 4.73. The van der Waals surface area contributed by atoms with Gasteiger partial charge in [0.25, 0.3) is 5.91 Å². The van der Waals surface area contributed by atoms with Gasteiger partial charge in [-0.2, -0.15) is 0 Å². The molecule has 1 aliphatic rings. The molecular formula is C21H21N5O3. The van der Waals surface area contributed by atoms with Crippen molar-refractivity contribution in [2.24, 2.45) is 0 Å². The Morgan fingerprint density at radius 3 is 2.38 bits per heavy atom. The molecule has 1 N–H and O–H groups in total. The lowest BCUT2D eigenvalue weighted by Crippen LogP contribution is -2.35. The number of esters is 1. The summed E-state index contributed by atoms with van der Waals surface area (Å²) in [5.41, 5.74) is 1.55. The second-order valence-electron chi connectivity index (χ2n) is 7.01. The fourth-order valence-corrected chi connectivity index (χ4v) is 3.03. The van der Waals surface area contributed by atoms with Gasteiger partial charge in [-0.25, -0.2) is 9.48 Å². The third kappa shape index (κ3) is 4.84. The summed E-state index contributed by atoms with van der Waals surface area (Å²) in [5.74, 6) is -0.886. The fraction of sp³-hybridized carbons (Fsp3) is 0.286. The highest BCUT2D eigenvalue weighted by Crippen LogP contribution is 2.25. The van der Waals surface area contributed by atoms with E-state index in [0.29, 0.717) is 12.0 Å². The van der Waals surface area contributed by atoms with E-state index in [-0.39, 0.29) is 11.9 Å². The molecule has 4 rings (SSSR count). The Bertz CT molecular complexity index is 943. The van der Waals surface area contributed by atoms with Gasteiger partial charge in [-0.15, -0.1) is 5.10 Å². The monoisotopic (exact) mass is 391 g/mol. The van der Waals surface area contributed by atoms with Crippen LogP contribution in [0, 0.1) is 0 Å². The van der Waals surface area contributed by atoms with Gasteiger partial charge in [0, 0.05) is 18.0 Å². The summed E-state index contributed by atoms with van der Waals surface area (Å²) < 4.78 is 7.08. The average molecular weight is 391 g/mol. The molecule has 0 unspecified atom stereocenters. The summed E-state index contributed by atoms with van der Waals surface area (Å²) in [7, 11) is 0. The molecule has 1 heterocycles. The zero-order valence-corrected chi connectivity index (χ0v) is 15.7. The molecule has 0 radical (unpaired) electrons. The van der Waals surface area contributed by atoms with Gasteiger partial charge in [0.2, 0.25) is 6.10 Å². The van der Waals surface area contributed by atoms with E-state index in [9.17, 15) is 9.59 Å². The number of carbonyl (C=O) groups is 2. The lowest BCUT2D eigenvalue weighted by molar-refractivity contribution is -0.160. The quantitative estimate of drug-likeness (QED) is 0.590. The minimum atomic E-state index is -1.03. The molecule has 0 aliphatic heterocycles. The van der Waals surface area contributed by atoms with Crippen molar-refractivity contribution >= 4 is 11.9 Å². The number of amides is 1. The number of aromatic nitrogens is 4. The Morgan fingerprint density at radius 2 is 1.76 bits per heavy atom. The molecular weight excluding hydrogens is 370 g/mol. The van der Waals surface area contributed by atoms with Crippen LogP contribution in [-0.2, 0) is 20.7 Å². The summed E-state index contributed by atoms with van der Waals surface area (Å²) in [6.45, 7) is 0. The molecule has 2 atom stereocenters. The van der Waals surface area contributed by atoms with Crippen LogP contribution in [0.4, 0.5) is 0 Å². The van der Waals surface area contributed by atoms with E-state index in [1.807, 2.05) is 48.5 Å². The molecule has 29 heavy (non-hydrogen) atoms. The van der Waals surface area contributed by atoms with Crippen molar-refractivity contribution in [3.63, 3.8) is 0 Å². The lowest BCUT2D eigenvalue weighted by atomic mass is 10.1. The number of nitrogens with one attached hydrogen (secondary N) is 1. The maximum atomic E-state index is 13.1. The summed E-state index contributed by atoms with van der Waals surface area (Å²) in [4.78, 5) is 25.9. The predicted molar refractivity (Wildman–Crippen MR) is 103 cm³/mol. The minimum Gasteiger partial charge on any atom is -0.446 e. The van der Waals surface area contributed by atoms with E-state index in [4.69, 9.17) is 4.74 Å². The highest BCUT2D eigenvalue weighted by Gasteiger charge is 2.33. The van der Waals surface area contributed by atoms with Crippen LogP contribution < -0.4 is 5.32 Å². The van der Waals surface area contributed by atoms with Gasteiger partial charge in [0.05, 0.1) is 0 Å². The average Bonchev–Trinajstić information content (AvgIpc) is 3.40. The van der Waals surface area contributed by atoms with E-state index in [2.05, 4.69) is 20.8 Å². The molecule has 1 saturated carbocycles. The van der Waals surface area contributed by atoms with Gasteiger partial charge in [-0.3, -0.25) is 4.79 Å². The van der Waals surface area contributed by atoms with Gasteiger partial charge < -0.3 is 10.1 Å². The zero-order chi connectivity index (χ0) is 20.1. The molecule has 1 aliphatic carbocycles. The van der Waals surface area contributed by atoms with Crippen molar-refractivity contribution in [1.29, 1.82) is 0 Å². The Hall–Kier alpha value is -3.55. The van der Waals surface area contributed by atoms with Crippen molar-refractivity contribution in [3.05, 3.63) is 78.1 Å². The maximum absolute atomic E-state index is 13.1. The molecule has 8 heteroatoms. The Kier molecular flexibility index (Phi) is 5.60. The molecule has 0 bridgehead atoms. The van der Waals surface area contributed by atoms with Crippen molar-refractivity contribution in [3.8, 4) is 0 Å². The maximum Gasteiger partial charge on any atom is 0.332 e. The summed E-state index contributed by atoms with van der Waals surface area (Å²) in [5, 5.41) is 14.1. The summed E-state index contributed by atoms with van der Waals surface area (Å²) in [6, 6.07) is 17.9. The number of hydrogen-bond acceptors (Lipinski definition) is 6. The largest absolute Gasteiger partial charge is 0.446 e. The van der Waals surface area contributed by atoms with Crippen LogP contribution in [0.25, 0.3) is 0 Å². The van der Waals surface area contributed by atoms with Crippen LogP contribution in [0.15, 0.2) is 67.0 Å². The van der Waals surface area contributed by atoms with Crippen molar-refractivity contribution < 1.29 is 14.3 Å². The van der Waals surface area contributed by atoms with Crippen molar-refractivity contribution in [2.75, 3.05) is 0 Å². The zero-order valence-electron chi connectivity index (χ0n) is 15.7. The van der Waals surface area contributed by atoms with Crippen molar-refractivity contribution in [2.45, 2.75) is 37.5 Å². The smallest absolute Gasteiger partial charge is 0.332 e. The summed E-state index contributed by atoms with van der Waals surface area (Å²) in [6.07, 6.45) is 2.58. The minimum absolute atomic E-state index is 0.159. The van der Waals surface area contributed by atoms with E-state index >= 15 is 0 Å². The standard InChI is InChI=1S/C21H21N5O3/c27-20(23-17-11-12-17)19(16-9-5-2-6-10-16)29-21(28)18(26-14-22-24-25-26)13-15-7-3-1-4-8-15/h1-10,14,17-19H,11-13H2,(H,23,27)/t18-,19+/m0/s1. The van der Waals surface area contributed by atoms with E-state index in [1.54, 1.807) is 12.1 Å². The molecule has 0 saturated heterocycles. The van der Waals surface area contributed by atoms with Crippen LogP contribution in [0.5, 0.6) is 0 Å². The normalized spacial score (nSPS) is 15.3. The second kappa shape index (κ2) is 8.64. The predicted octanol–water partition coefficient (Wildman–Crippen LogP) is 2.02. The van der Waals surface area contributed by atoms with Gasteiger partial charge >= 0.3 is 5.97 Å². The number of carbonyl (C=O) groups excluding carboxylic acids is 2. The topological polar surface area (TPSA) is 99.0 Å². The first-order chi connectivity index (χ1) is 14.2. The van der Waals surface area contributed by atoms with Crippen molar-refractivity contribution in [1.82, 2.24) is 25.5 Å². The first-order valence-corrected chi connectivity index (χ1v) is 9.53. The fourth-order valence-electron chi connectivity index (χ4n) is 3.03. The molecule has 1 fully saturated rings. The number of hydrogen-bond donors (Lipinski definition) is 1. The summed E-state index contributed by atoms with van der Waals surface area (Å²) >= 11 is 0. The highest BCUT2D eigenvalue weighted by atomic mass is 16.5. The van der Waals surface area contributed by atoms with E-state index in [0.717, 1.165) is 18.4 Å². The van der Waals surface area contributed by atoms with E-state index in [1.165, 1.54) is 11.0 Å². The highest BCUT2D eigenvalue weighted by molar-refractivity contribution is 5.86. The van der Waals surface area contributed by atoms with Gasteiger partial charge in [0.1, 0.15) is 6.33 Å². The molecule has 1 aromatic heterocycles. The SMILES string of the molecule is O=C(NC1CC1)[C@H](OC(=O)[C@H](Cc1ccccc1)n1cnnn1)c1ccccc1. The number of benzene rings is 2. The number of rotatable bonds is 8. The first kappa shape index (κ1) is 18.8. The Balaban J connectivity index is 1.57. The van der Waals surface area contributed by atoms with Crippen LogP contribution in [-0.4, -0.2) is 38.1 Å². The molecule has 0 spiro atoms. The van der Waals surface area contributed by atoms with Crippen LogP contribution in [0.2, 0.25) is 0 Å². The molecule has 1 amide bonds. The lowest BCUT2D eigenvalue weighted by Gasteiger charge is -2.21. The molecule has 2 aromatic carbocycles. The number of nitrogens with zero attached hydrogens (tertiary/aromatic N) is 4. The van der Waals surface area contributed by atoms with Gasteiger partial charge in [-0.05, 0) is 28.8 Å². The number of tetrazole rings is 1. The Morgan fingerprint density at radius 1 is 1.07 bits per heavy atom. The second-order valence-corrected chi connectivity index (χ2v) is 7.01. The Labute approximate surface area is 167 Å². The van der Waals surface area contributed by atoms with Crippen LogP contribution in [0.1, 0.15) is 36.1 Å². The third-order valence-corrected chi connectivity index (χ3v) is 4.73.